The zero-order chi connectivity index (χ0) is 13.4. The van der Waals surface area contributed by atoms with Gasteiger partial charge in [-0.15, -0.1) is 0 Å². The second kappa shape index (κ2) is 7.92. The van der Waals surface area contributed by atoms with E-state index in [1.807, 2.05) is 20.8 Å². The van der Waals surface area contributed by atoms with E-state index < -0.39 is 11.9 Å². The van der Waals surface area contributed by atoms with Crippen molar-refractivity contribution in [1.29, 1.82) is 0 Å². The van der Waals surface area contributed by atoms with Gasteiger partial charge in [0.25, 0.3) is 0 Å². The molecule has 0 radical (unpaired) electrons. The topological polar surface area (TPSA) is 69.6 Å². The molecular formula is C12H24N2O3. The number of carbonyl (C=O) groups excluding carboxylic acids is 1. The molecule has 0 saturated heterocycles. The Bertz CT molecular complexity index is 254. The molecule has 17 heavy (non-hydrogen) atoms. The first-order valence-electron chi connectivity index (χ1n) is 6.17. The molecule has 0 heterocycles. The second-order valence-corrected chi connectivity index (χ2v) is 4.55. The minimum atomic E-state index is -0.825. The van der Waals surface area contributed by atoms with Gasteiger partial charge in [-0.1, -0.05) is 13.8 Å². The van der Waals surface area contributed by atoms with Gasteiger partial charge >= 0.3 is 12.0 Å². The lowest BCUT2D eigenvalue weighted by Gasteiger charge is -2.26. The number of carboxylic acids is 1. The van der Waals surface area contributed by atoms with Crippen LogP contribution in [0.25, 0.3) is 0 Å². The molecule has 0 fully saturated rings. The van der Waals surface area contributed by atoms with Crippen molar-refractivity contribution in [3.63, 3.8) is 0 Å². The largest absolute Gasteiger partial charge is 0.481 e. The molecule has 0 saturated carbocycles. The van der Waals surface area contributed by atoms with Crippen molar-refractivity contribution in [2.24, 2.45) is 5.92 Å². The van der Waals surface area contributed by atoms with Gasteiger partial charge in [-0.3, -0.25) is 4.79 Å². The predicted molar refractivity (Wildman–Crippen MR) is 66.9 cm³/mol. The van der Waals surface area contributed by atoms with Crippen LogP contribution in [0, 0.1) is 5.92 Å². The summed E-state index contributed by atoms with van der Waals surface area (Å²) in [4.78, 5) is 24.1. The van der Waals surface area contributed by atoms with E-state index in [1.54, 1.807) is 11.8 Å². The third kappa shape index (κ3) is 6.14. The molecule has 0 bridgehead atoms. The molecule has 0 aliphatic heterocycles. The summed E-state index contributed by atoms with van der Waals surface area (Å²) in [6.45, 7) is 8.72. The minimum absolute atomic E-state index is 0.112. The quantitative estimate of drug-likeness (QED) is 0.719. The first-order chi connectivity index (χ1) is 7.90. The molecule has 5 heteroatoms. The van der Waals surface area contributed by atoms with Gasteiger partial charge in [0.1, 0.15) is 0 Å². The summed E-state index contributed by atoms with van der Waals surface area (Å²) >= 11 is 0. The summed E-state index contributed by atoms with van der Waals surface area (Å²) in [5.41, 5.74) is 0. The SMILES string of the molecule is CCCN(C(=O)NCCC(C)C(=O)O)C(C)C. The van der Waals surface area contributed by atoms with Crippen molar-refractivity contribution in [3.8, 4) is 0 Å². The van der Waals surface area contributed by atoms with E-state index >= 15 is 0 Å². The molecule has 0 aliphatic carbocycles. The molecule has 1 unspecified atom stereocenters. The monoisotopic (exact) mass is 244 g/mol. The smallest absolute Gasteiger partial charge is 0.317 e. The molecule has 2 amide bonds. The van der Waals surface area contributed by atoms with Crippen molar-refractivity contribution < 1.29 is 14.7 Å². The Morgan fingerprint density at radius 2 is 1.88 bits per heavy atom. The highest BCUT2D eigenvalue weighted by molar-refractivity contribution is 5.74. The number of hydrogen-bond donors (Lipinski definition) is 2. The number of nitrogens with one attached hydrogen (secondary N) is 1. The van der Waals surface area contributed by atoms with Gasteiger partial charge in [-0.25, -0.2) is 4.79 Å². The summed E-state index contributed by atoms with van der Waals surface area (Å²) < 4.78 is 0. The first-order valence-corrected chi connectivity index (χ1v) is 6.17. The highest BCUT2D eigenvalue weighted by Crippen LogP contribution is 2.02. The Labute approximate surface area is 103 Å². The Morgan fingerprint density at radius 3 is 2.29 bits per heavy atom. The molecule has 0 rings (SSSR count). The molecular weight excluding hydrogens is 220 g/mol. The van der Waals surface area contributed by atoms with E-state index in [0.29, 0.717) is 13.0 Å². The van der Waals surface area contributed by atoms with Gasteiger partial charge in [0, 0.05) is 19.1 Å². The van der Waals surface area contributed by atoms with Crippen molar-refractivity contribution >= 4 is 12.0 Å². The average Bonchev–Trinajstić information content (AvgIpc) is 2.24. The van der Waals surface area contributed by atoms with Crippen LogP contribution in [0.1, 0.15) is 40.5 Å². The Balaban J connectivity index is 4.02. The van der Waals surface area contributed by atoms with E-state index in [1.165, 1.54) is 0 Å². The van der Waals surface area contributed by atoms with Crippen LogP contribution in [0.4, 0.5) is 4.79 Å². The van der Waals surface area contributed by atoms with Crippen LogP contribution in [0.2, 0.25) is 0 Å². The fraction of sp³-hybridized carbons (Fsp3) is 0.833. The van der Waals surface area contributed by atoms with Gasteiger partial charge in [0.2, 0.25) is 0 Å². The molecule has 0 aromatic carbocycles. The maximum atomic E-state index is 11.8. The predicted octanol–water partition coefficient (Wildman–Crippen LogP) is 1.93. The molecule has 0 aromatic heterocycles. The molecule has 0 spiro atoms. The van der Waals surface area contributed by atoms with Gasteiger partial charge in [0.05, 0.1) is 5.92 Å². The summed E-state index contributed by atoms with van der Waals surface area (Å²) in [7, 11) is 0. The van der Waals surface area contributed by atoms with Gasteiger partial charge < -0.3 is 15.3 Å². The molecule has 2 N–H and O–H groups in total. The van der Waals surface area contributed by atoms with Crippen LogP contribution in [0.3, 0.4) is 0 Å². The maximum absolute atomic E-state index is 11.8. The lowest BCUT2D eigenvalue weighted by atomic mass is 10.1. The fourth-order valence-electron chi connectivity index (χ4n) is 1.46. The molecule has 0 aromatic rings. The van der Waals surface area contributed by atoms with Crippen LogP contribution in [-0.4, -0.2) is 41.1 Å². The number of carboxylic acid groups (broad SMARTS) is 1. The summed E-state index contributed by atoms with van der Waals surface area (Å²) in [6.07, 6.45) is 1.37. The van der Waals surface area contributed by atoms with Crippen molar-refractivity contribution in [3.05, 3.63) is 0 Å². The van der Waals surface area contributed by atoms with Crippen molar-refractivity contribution in [2.75, 3.05) is 13.1 Å². The maximum Gasteiger partial charge on any atom is 0.317 e. The van der Waals surface area contributed by atoms with Crippen LogP contribution in [0.5, 0.6) is 0 Å². The summed E-state index contributed by atoms with van der Waals surface area (Å²) in [5, 5.41) is 11.5. The van der Waals surface area contributed by atoms with Crippen LogP contribution in [0.15, 0.2) is 0 Å². The minimum Gasteiger partial charge on any atom is -0.481 e. The van der Waals surface area contributed by atoms with Crippen LogP contribution in [-0.2, 0) is 4.79 Å². The zero-order valence-corrected chi connectivity index (χ0v) is 11.2. The number of carbonyl (C=O) groups is 2. The lowest BCUT2D eigenvalue weighted by Crippen LogP contribution is -2.44. The van der Waals surface area contributed by atoms with E-state index in [-0.39, 0.29) is 12.1 Å². The van der Waals surface area contributed by atoms with Crippen molar-refractivity contribution in [2.45, 2.75) is 46.6 Å². The Hall–Kier alpha value is -1.26. The van der Waals surface area contributed by atoms with Gasteiger partial charge in [0.15, 0.2) is 0 Å². The normalized spacial score (nSPS) is 12.3. The summed E-state index contributed by atoms with van der Waals surface area (Å²) in [5.74, 6) is -1.25. The number of hydrogen-bond acceptors (Lipinski definition) is 2. The molecule has 5 nitrogen and oxygen atoms in total. The number of nitrogens with zero attached hydrogens (tertiary/aromatic N) is 1. The molecule has 100 valence electrons. The first kappa shape index (κ1) is 15.7. The van der Waals surface area contributed by atoms with E-state index in [0.717, 1.165) is 13.0 Å². The van der Waals surface area contributed by atoms with Gasteiger partial charge in [-0.2, -0.15) is 0 Å². The van der Waals surface area contributed by atoms with E-state index in [4.69, 9.17) is 5.11 Å². The highest BCUT2D eigenvalue weighted by atomic mass is 16.4. The lowest BCUT2D eigenvalue weighted by molar-refractivity contribution is -0.141. The highest BCUT2D eigenvalue weighted by Gasteiger charge is 2.16. The number of aliphatic carboxylic acids is 1. The summed E-state index contributed by atoms with van der Waals surface area (Å²) in [6, 6.07) is 0.0475. The fourth-order valence-corrected chi connectivity index (χ4v) is 1.46. The molecule has 1 atom stereocenters. The van der Waals surface area contributed by atoms with E-state index in [2.05, 4.69) is 5.32 Å². The number of rotatable bonds is 7. The van der Waals surface area contributed by atoms with Crippen molar-refractivity contribution in [1.82, 2.24) is 10.2 Å². The van der Waals surface area contributed by atoms with Crippen LogP contribution < -0.4 is 5.32 Å². The Kier molecular flexibility index (Phi) is 7.34. The third-order valence-electron chi connectivity index (χ3n) is 2.62. The molecule has 0 aliphatic rings. The average molecular weight is 244 g/mol. The van der Waals surface area contributed by atoms with Crippen LogP contribution >= 0.6 is 0 Å². The van der Waals surface area contributed by atoms with E-state index in [9.17, 15) is 9.59 Å². The zero-order valence-electron chi connectivity index (χ0n) is 11.2. The number of amides is 2. The Morgan fingerprint density at radius 1 is 1.29 bits per heavy atom. The second-order valence-electron chi connectivity index (χ2n) is 4.55. The third-order valence-corrected chi connectivity index (χ3v) is 2.62. The van der Waals surface area contributed by atoms with Gasteiger partial charge in [-0.05, 0) is 26.7 Å². The standard InChI is InChI=1S/C12H24N2O3/c1-5-8-14(9(2)3)12(17)13-7-6-10(4)11(15)16/h9-10H,5-8H2,1-4H3,(H,13,17)(H,15,16). The number of urea groups is 1.